The van der Waals surface area contributed by atoms with Gasteiger partial charge in [-0.15, -0.1) is 0 Å². The molecule has 1 fully saturated rings. The largest absolute Gasteiger partial charge is 0.367 e. The fourth-order valence-corrected chi connectivity index (χ4v) is 2.84. The molecule has 0 spiro atoms. The Kier molecular flexibility index (Phi) is 4.37. The SMILES string of the molecule is CNCC1CCCCN1c1ccc([N+](=O)[O-])cc1C. The molecular formula is C14H21N3O2. The highest BCUT2D eigenvalue weighted by molar-refractivity contribution is 5.58. The number of nitrogens with zero attached hydrogens (tertiary/aromatic N) is 2. The molecule has 0 bridgehead atoms. The van der Waals surface area contributed by atoms with E-state index < -0.39 is 0 Å². The molecule has 1 N–H and O–H groups in total. The molecular weight excluding hydrogens is 242 g/mol. The van der Waals surface area contributed by atoms with E-state index in [2.05, 4.69) is 10.2 Å². The Balaban J connectivity index is 2.26. The first-order valence-corrected chi connectivity index (χ1v) is 6.79. The molecule has 1 saturated heterocycles. The number of aryl methyl sites for hydroxylation is 1. The van der Waals surface area contributed by atoms with Crippen molar-refractivity contribution in [2.75, 3.05) is 25.0 Å². The van der Waals surface area contributed by atoms with Gasteiger partial charge in [-0.1, -0.05) is 0 Å². The molecule has 104 valence electrons. The lowest BCUT2D eigenvalue weighted by Gasteiger charge is -2.38. The monoisotopic (exact) mass is 263 g/mol. The minimum Gasteiger partial charge on any atom is -0.367 e. The first-order valence-electron chi connectivity index (χ1n) is 6.79. The number of hydrogen-bond acceptors (Lipinski definition) is 4. The summed E-state index contributed by atoms with van der Waals surface area (Å²) in [5.41, 5.74) is 2.28. The lowest BCUT2D eigenvalue weighted by atomic mass is 9.99. The van der Waals surface area contributed by atoms with E-state index in [1.165, 1.54) is 19.3 Å². The summed E-state index contributed by atoms with van der Waals surface area (Å²) < 4.78 is 0. The second-order valence-corrected chi connectivity index (χ2v) is 5.13. The van der Waals surface area contributed by atoms with Crippen molar-refractivity contribution in [1.29, 1.82) is 0 Å². The summed E-state index contributed by atoms with van der Waals surface area (Å²) in [7, 11) is 1.97. The lowest BCUT2D eigenvalue weighted by molar-refractivity contribution is -0.384. The average molecular weight is 263 g/mol. The van der Waals surface area contributed by atoms with Crippen LogP contribution in [-0.4, -0.2) is 31.1 Å². The first-order chi connectivity index (χ1) is 9.13. The summed E-state index contributed by atoms with van der Waals surface area (Å²) in [6.45, 7) is 3.94. The summed E-state index contributed by atoms with van der Waals surface area (Å²) in [5.74, 6) is 0. The molecule has 0 amide bonds. The Morgan fingerprint density at radius 1 is 1.47 bits per heavy atom. The maximum Gasteiger partial charge on any atom is 0.269 e. The molecule has 1 unspecified atom stereocenters. The highest BCUT2D eigenvalue weighted by Crippen LogP contribution is 2.29. The summed E-state index contributed by atoms with van der Waals surface area (Å²) in [5, 5.41) is 14.0. The smallest absolute Gasteiger partial charge is 0.269 e. The summed E-state index contributed by atoms with van der Waals surface area (Å²) in [4.78, 5) is 12.8. The number of piperidine rings is 1. The van der Waals surface area contributed by atoms with E-state index in [-0.39, 0.29) is 10.6 Å². The maximum atomic E-state index is 10.8. The van der Waals surface area contributed by atoms with E-state index in [1.54, 1.807) is 12.1 Å². The van der Waals surface area contributed by atoms with Crippen LogP contribution in [0.2, 0.25) is 0 Å². The Morgan fingerprint density at radius 3 is 2.89 bits per heavy atom. The van der Waals surface area contributed by atoms with Crippen molar-refractivity contribution in [3.63, 3.8) is 0 Å². The maximum absolute atomic E-state index is 10.8. The van der Waals surface area contributed by atoms with Crippen molar-refractivity contribution in [2.24, 2.45) is 0 Å². The molecule has 5 nitrogen and oxygen atoms in total. The molecule has 0 aromatic heterocycles. The standard InChI is InChI=1S/C14H21N3O2/c1-11-9-12(17(18)19)6-7-14(11)16-8-4-3-5-13(16)10-15-2/h6-7,9,13,15H,3-5,8,10H2,1-2H3. The zero-order valence-corrected chi connectivity index (χ0v) is 11.6. The van der Waals surface area contributed by atoms with Gasteiger partial charge in [0.2, 0.25) is 0 Å². The van der Waals surface area contributed by atoms with Crippen molar-refractivity contribution in [3.05, 3.63) is 33.9 Å². The quantitative estimate of drug-likeness (QED) is 0.669. The molecule has 2 rings (SSSR count). The highest BCUT2D eigenvalue weighted by atomic mass is 16.6. The molecule has 1 aromatic carbocycles. The number of hydrogen-bond donors (Lipinski definition) is 1. The number of non-ortho nitro benzene ring substituents is 1. The Bertz CT molecular complexity index is 460. The minimum absolute atomic E-state index is 0.170. The van der Waals surface area contributed by atoms with Gasteiger partial charge < -0.3 is 10.2 Å². The van der Waals surface area contributed by atoms with Crippen molar-refractivity contribution >= 4 is 11.4 Å². The van der Waals surface area contributed by atoms with Crippen molar-refractivity contribution in [2.45, 2.75) is 32.2 Å². The van der Waals surface area contributed by atoms with Gasteiger partial charge in [-0.05, 0) is 44.9 Å². The van der Waals surface area contributed by atoms with E-state index in [0.717, 1.165) is 24.3 Å². The van der Waals surface area contributed by atoms with Crippen LogP contribution in [-0.2, 0) is 0 Å². The van der Waals surface area contributed by atoms with E-state index in [4.69, 9.17) is 0 Å². The summed E-state index contributed by atoms with van der Waals surface area (Å²) in [6.07, 6.45) is 3.63. The fraction of sp³-hybridized carbons (Fsp3) is 0.571. The van der Waals surface area contributed by atoms with Crippen LogP contribution in [0.15, 0.2) is 18.2 Å². The van der Waals surface area contributed by atoms with Gasteiger partial charge in [0.15, 0.2) is 0 Å². The van der Waals surface area contributed by atoms with Crippen LogP contribution < -0.4 is 10.2 Å². The van der Waals surface area contributed by atoms with Crippen LogP contribution in [0.1, 0.15) is 24.8 Å². The molecule has 1 aliphatic heterocycles. The van der Waals surface area contributed by atoms with Crippen molar-refractivity contribution in [3.8, 4) is 0 Å². The molecule has 0 radical (unpaired) electrons. The predicted octanol–water partition coefficient (Wildman–Crippen LogP) is 2.48. The number of likely N-dealkylation sites (N-methyl/N-ethyl adjacent to an activating group) is 1. The molecule has 1 atom stereocenters. The number of benzene rings is 1. The van der Waals surface area contributed by atoms with Gasteiger partial charge in [0, 0.05) is 37.0 Å². The second kappa shape index (κ2) is 6.02. The summed E-state index contributed by atoms with van der Waals surface area (Å²) >= 11 is 0. The third-order valence-corrected chi connectivity index (χ3v) is 3.77. The number of nitro benzene ring substituents is 1. The van der Waals surface area contributed by atoms with Gasteiger partial charge in [0.25, 0.3) is 5.69 Å². The van der Waals surface area contributed by atoms with E-state index >= 15 is 0 Å². The zero-order valence-electron chi connectivity index (χ0n) is 11.6. The zero-order chi connectivity index (χ0) is 13.8. The average Bonchev–Trinajstić information content (AvgIpc) is 2.40. The molecule has 1 heterocycles. The third-order valence-electron chi connectivity index (χ3n) is 3.77. The van der Waals surface area contributed by atoms with Gasteiger partial charge in [-0.25, -0.2) is 0 Å². The number of rotatable bonds is 4. The van der Waals surface area contributed by atoms with Gasteiger partial charge in [0.05, 0.1) is 4.92 Å². The van der Waals surface area contributed by atoms with Crippen molar-refractivity contribution < 1.29 is 4.92 Å². The van der Waals surface area contributed by atoms with E-state index in [9.17, 15) is 10.1 Å². The van der Waals surface area contributed by atoms with Gasteiger partial charge in [-0.3, -0.25) is 10.1 Å². The molecule has 19 heavy (non-hydrogen) atoms. The topological polar surface area (TPSA) is 58.4 Å². The van der Waals surface area contributed by atoms with Crippen LogP contribution in [0.5, 0.6) is 0 Å². The Hall–Kier alpha value is -1.62. The Morgan fingerprint density at radius 2 is 2.26 bits per heavy atom. The lowest BCUT2D eigenvalue weighted by Crippen LogP contribution is -2.45. The number of nitrogens with one attached hydrogen (secondary N) is 1. The van der Waals surface area contributed by atoms with E-state index in [1.807, 2.05) is 20.0 Å². The first kappa shape index (κ1) is 13.8. The van der Waals surface area contributed by atoms with E-state index in [0.29, 0.717) is 6.04 Å². The van der Waals surface area contributed by atoms with Crippen LogP contribution >= 0.6 is 0 Å². The number of anilines is 1. The predicted molar refractivity (Wildman–Crippen MR) is 76.7 cm³/mol. The molecule has 1 aliphatic rings. The fourth-order valence-electron chi connectivity index (χ4n) is 2.84. The highest BCUT2D eigenvalue weighted by Gasteiger charge is 2.23. The van der Waals surface area contributed by atoms with Gasteiger partial charge in [-0.2, -0.15) is 0 Å². The molecule has 0 aliphatic carbocycles. The molecule has 5 heteroatoms. The van der Waals surface area contributed by atoms with Crippen LogP contribution in [0, 0.1) is 17.0 Å². The molecule has 1 aromatic rings. The number of nitro groups is 1. The second-order valence-electron chi connectivity index (χ2n) is 5.13. The third kappa shape index (κ3) is 3.04. The van der Waals surface area contributed by atoms with Crippen LogP contribution in [0.25, 0.3) is 0 Å². The Labute approximate surface area is 113 Å². The van der Waals surface area contributed by atoms with Crippen LogP contribution in [0.4, 0.5) is 11.4 Å². The van der Waals surface area contributed by atoms with Gasteiger partial charge in [0.1, 0.15) is 0 Å². The summed E-state index contributed by atoms with van der Waals surface area (Å²) in [6, 6.07) is 5.65. The normalized spacial score (nSPS) is 19.5. The minimum atomic E-state index is -0.335. The van der Waals surface area contributed by atoms with Crippen molar-refractivity contribution in [1.82, 2.24) is 5.32 Å². The van der Waals surface area contributed by atoms with Gasteiger partial charge >= 0.3 is 0 Å². The van der Waals surface area contributed by atoms with Crippen LogP contribution in [0.3, 0.4) is 0 Å². The molecule has 0 saturated carbocycles.